The molecule has 4 nitrogen and oxygen atoms in total. The number of hydrazone groups is 1. The number of hydrogen-bond acceptors (Lipinski definition) is 3. The highest BCUT2D eigenvalue weighted by molar-refractivity contribution is 5.97. The smallest absolute Gasteiger partial charge is 0.271 e. The molecule has 0 heterocycles. The first kappa shape index (κ1) is 12.4. The lowest BCUT2D eigenvalue weighted by molar-refractivity contribution is 0.0954. The summed E-state index contributed by atoms with van der Waals surface area (Å²) in [6.45, 7) is 0. The number of fused-ring (bicyclic) bond motifs is 1. The van der Waals surface area contributed by atoms with Gasteiger partial charge >= 0.3 is 0 Å². The Morgan fingerprint density at radius 1 is 1.00 bits per heavy atom. The van der Waals surface area contributed by atoms with Crippen LogP contribution in [0, 0.1) is 0 Å². The highest BCUT2D eigenvalue weighted by atomic mass is 16.2. The highest BCUT2D eigenvalue weighted by Gasteiger charge is 2.16. The first-order chi connectivity index (χ1) is 9.72. The molecule has 0 spiro atoms. The van der Waals surface area contributed by atoms with E-state index in [-0.39, 0.29) is 5.91 Å². The van der Waals surface area contributed by atoms with Crippen molar-refractivity contribution in [3.05, 3.63) is 65.2 Å². The average molecular weight is 265 g/mol. The molecule has 0 atom stereocenters. The van der Waals surface area contributed by atoms with E-state index >= 15 is 0 Å². The van der Waals surface area contributed by atoms with Gasteiger partial charge in [-0.1, -0.05) is 24.3 Å². The normalized spacial score (nSPS) is 12.9. The maximum atomic E-state index is 11.9. The molecule has 2 aromatic carbocycles. The number of carbonyl (C=O) groups is 1. The Kier molecular flexibility index (Phi) is 3.21. The molecule has 2 aromatic rings. The van der Waals surface area contributed by atoms with Gasteiger partial charge in [-0.25, -0.2) is 5.43 Å². The van der Waals surface area contributed by atoms with Gasteiger partial charge in [0.25, 0.3) is 5.91 Å². The lowest BCUT2D eigenvalue weighted by atomic mass is 10.1. The average Bonchev–Trinajstić information content (AvgIpc) is 2.88. The highest BCUT2D eigenvalue weighted by Crippen LogP contribution is 2.19. The molecule has 0 radical (unpaired) electrons. The number of nitrogens with two attached hydrogens (primary N) is 1. The van der Waals surface area contributed by atoms with Gasteiger partial charge in [0.1, 0.15) is 0 Å². The zero-order valence-electron chi connectivity index (χ0n) is 11.0. The maximum Gasteiger partial charge on any atom is 0.271 e. The second kappa shape index (κ2) is 5.17. The molecule has 0 fully saturated rings. The van der Waals surface area contributed by atoms with Crippen LogP contribution in [0.3, 0.4) is 0 Å². The number of carbonyl (C=O) groups excluding carboxylic acids is 1. The van der Waals surface area contributed by atoms with E-state index in [1.165, 1.54) is 11.1 Å². The van der Waals surface area contributed by atoms with Gasteiger partial charge in [-0.3, -0.25) is 4.79 Å². The number of anilines is 1. The van der Waals surface area contributed by atoms with Crippen LogP contribution in [0.25, 0.3) is 0 Å². The predicted molar refractivity (Wildman–Crippen MR) is 79.6 cm³/mol. The van der Waals surface area contributed by atoms with E-state index < -0.39 is 0 Å². The van der Waals surface area contributed by atoms with Gasteiger partial charge in [0.05, 0.1) is 0 Å². The van der Waals surface area contributed by atoms with E-state index in [0.29, 0.717) is 11.3 Å². The SMILES string of the molecule is Nc1ccc(C(=O)NN=C2Cc3ccccc3C2)cc1. The number of nitrogens with zero attached hydrogens (tertiary/aromatic N) is 1. The van der Waals surface area contributed by atoms with Crippen LogP contribution in [-0.4, -0.2) is 11.6 Å². The summed E-state index contributed by atoms with van der Waals surface area (Å²) in [5.41, 5.74) is 12.9. The third kappa shape index (κ3) is 2.54. The summed E-state index contributed by atoms with van der Waals surface area (Å²) < 4.78 is 0. The standard InChI is InChI=1S/C16H15N3O/c17-14-7-5-11(6-8-14)16(20)19-18-15-9-12-3-1-2-4-13(12)10-15/h1-8H,9-10,17H2,(H,19,20). The van der Waals surface area contributed by atoms with Gasteiger partial charge in [-0.2, -0.15) is 5.10 Å². The van der Waals surface area contributed by atoms with E-state index in [9.17, 15) is 4.79 Å². The second-order valence-electron chi connectivity index (χ2n) is 4.86. The van der Waals surface area contributed by atoms with Gasteiger partial charge in [0.2, 0.25) is 0 Å². The van der Waals surface area contributed by atoms with Crippen LogP contribution in [0.4, 0.5) is 5.69 Å². The van der Waals surface area contributed by atoms with E-state index in [1.807, 2.05) is 12.1 Å². The summed E-state index contributed by atoms with van der Waals surface area (Å²) in [5, 5.41) is 4.22. The number of nitrogens with one attached hydrogen (secondary N) is 1. The fourth-order valence-electron chi connectivity index (χ4n) is 2.31. The van der Waals surface area contributed by atoms with Crippen molar-refractivity contribution < 1.29 is 4.79 Å². The van der Waals surface area contributed by atoms with Gasteiger partial charge in [0.15, 0.2) is 0 Å². The van der Waals surface area contributed by atoms with E-state index in [0.717, 1.165) is 18.6 Å². The summed E-state index contributed by atoms with van der Waals surface area (Å²) in [7, 11) is 0. The third-order valence-corrected chi connectivity index (χ3v) is 3.40. The Morgan fingerprint density at radius 3 is 2.20 bits per heavy atom. The monoisotopic (exact) mass is 265 g/mol. The summed E-state index contributed by atoms with van der Waals surface area (Å²) in [4.78, 5) is 11.9. The van der Waals surface area contributed by atoms with Crippen molar-refractivity contribution in [2.24, 2.45) is 5.10 Å². The third-order valence-electron chi connectivity index (χ3n) is 3.40. The van der Waals surface area contributed by atoms with E-state index in [4.69, 9.17) is 5.73 Å². The van der Waals surface area contributed by atoms with Crippen molar-refractivity contribution in [1.82, 2.24) is 5.43 Å². The second-order valence-corrected chi connectivity index (χ2v) is 4.86. The Hall–Kier alpha value is -2.62. The molecule has 0 saturated heterocycles. The minimum atomic E-state index is -0.214. The Labute approximate surface area is 117 Å². The molecule has 0 saturated carbocycles. The van der Waals surface area contributed by atoms with Crippen molar-refractivity contribution >= 4 is 17.3 Å². The van der Waals surface area contributed by atoms with Crippen molar-refractivity contribution in [2.45, 2.75) is 12.8 Å². The molecule has 100 valence electrons. The van der Waals surface area contributed by atoms with Crippen molar-refractivity contribution in [1.29, 1.82) is 0 Å². The molecule has 1 aliphatic carbocycles. The van der Waals surface area contributed by atoms with Crippen LogP contribution in [-0.2, 0) is 12.8 Å². The minimum absolute atomic E-state index is 0.214. The topological polar surface area (TPSA) is 67.5 Å². The molecule has 1 aliphatic rings. The molecule has 0 unspecified atom stereocenters. The summed E-state index contributed by atoms with van der Waals surface area (Å²) in [5.74, 6) is -0.214. The Balaban J connectivity index is 1.67. The molecule has 3 N–H and O–H groups in total. The molecule has 3 rings (SSSR count). The molecule has 1 amide bonds. The number of amides is 1. The zero-order valence-corrected chi connectivity index (χ0v) is 11.0. The minimum Gasteiger partial charge on any atom is -0.399 e. The molecular weight excluding hydrogens is 250 g/mol. The fourth-order valence-corrected chi connectivity index (χ4v) is 2.31. The number of benzene rings is 2. The van der Waals surface area contributed by atoms with Crippen LogP contribution < -0.4 is 11.2 Å². The number of hydrogen-bond donors (Lipinski definition) is 2. The van der Waals surface area contributed by atoms with Gasteiger partial charge in [-0.15, -0.1) is 0 Å². The van der Waals surface area contributed by atoms with Crippen LogP contribution >= 0.6 is 0 Å². The quantitative estimate of drug-likeness (QED) is 0.645. The van der Waals surface area contributed by atoms with Crippen LogP contribution in [0.15, 0.2) is 53.6 Å². The first-order valence-electron chi connectivity index (χ1n) is 6.50. The summed E-state index contributed by atoms with van der Waals surface area (Å²) in [6.07, 6.45) is 1.61. The summed E-state index contributed by atoms with van der Waals surface area (Å²) in [6, 6.07) is 15.0. The summed E-state index contributed by atoms with van der Waals surface area (Å²) >= 11 is 0. The fraction of sp³-hybridized carbons (Fsp3) is 0.125. The van der Waals surface area contributed by atoms with Crippen molar-refractivity contribution in [3.63, 3.8) is 0 Å². The maximum absolute atomic E-state index is 11.9. The Bertz CT molecular complexity index is 647. The molecule has 4 heteroatoms. The predicted octanol–water partition coefficient (Wildman–Crippen LogP) is 2.15. The molecule has 20 heavy (non-hydrogen) atoms. The number of rotatable bonds is 2. The molecule has 0 aromatic heterocycles. The van der Waals surface area contributed by atoms with Crippen molar-refractivity contribution in [2.75, 3.05) is 5.73 Å². The van der Waals surface area contributed by atoms with Gasteiger partial charge in [-0.05, 0) is 35.4 Å². The first-order valence-corrected chi connectivity index (χ1v) is 6.50. The number of nitrogen functional groups attached to an aromatic ring is 1. The van der Waals surface area contributed by atoms with E-state index in [1.54, 1.807) is 24.3 Å². The lowest BCUT2D eigenvalue weighted by Gasteiger charge is -2.01. The van der Waals surface area contributed by atoms with Crippen molar-refractivity contribution in [3.8, 4) is 0 Å². The van der Waals surface area contributed by atoms with E-state index in [2.05, 4.69) is 22.7 Å². The van der Waals surface area contributed by atoms with Crippen LogP contribution in [0.5, 0.6) is 0 Å². The zero-order chi connectivity index (χ0) is 13.9. The van der Waals surface area contributed by atoms with Gasteiger partial charge < -0.3 is 5.73 Å². The van der Waals surface area contributed by atoms with Crippen LogP contribution in [0.1, 0.15) is 21.5 Å². The molecular formula is C16H15N3O. The van der Waals surface area contributed by atoms with Crippen LogP contribution in [0.2, 0.25) is 0 Å². The molecule has 0 aliphatic heterocycles. The lowest BCUT2D eigenvalue weighted by Crippen LogP contribution is -2.19. The Morgan fingerprint density at radius 2 is 1.60 bits per heavy atom. The van der Waals surface area contributed by atoms with Gasteiger partial charge in [0, 0.05) is 29.8 Å². The largest absolute Gasteiger partial charge is 0.399 e. The molecule has 0 bridgehead atoms.